The smallest absolute Gasteiger partial charge is 0.266 e. The Morgan fingerprint density at radius 3 is 2.48 bits per heavy atom. The first-order valence-electron chi connectivity index (χ1n) is 9.42. The molecule has 1 saturated heterocycles. The van der Waals surface area contributed by atoms with Gasteiger partial charge in [0.25, 0.3) is 5.91 Å². The van der Waals surface area contributed by atoms with Gasteiger partial charge < -0.3 is 20.1 Å². The Hall–Kier alpha value is -2.54. The van der Waals surface area contributed by atoms with E-state index in [1.165, 1.54) is 24.2 Å². The molecule has 5 rings (SSSR count). The third kappa shape index (κ3) is 2.86. The van der Waals surface area contributed by atoms with Gasteiger partial charge in [0, 0.05) is 29.9 Å². The lowest BCUT2D eigenvalue weighted by Crippen LogP contribution is -2.31. The number of rotatable bonds is 1. The third-order valence-electron chi connectivity index (χ3n) is 5.26. The molecule has 1 aromatic carbocycles. The fourth-order valence-electron chi connectivity index (χ4n) is 3.81. The molecule has 1 amide bonds. The summed E-state index contributed by atoms with van der Waals surface area (Å²) in [7, 11) is 0. The Bertz CT molecular complexity index is 1040. The Kier molecular flexibility index (Phi) is 4.04. The molecule has 27 heavy (non-hydrogen) atoms. The monoisotopic (exact) mass is 383 g/mol. The van der Waals surface area contributed by atoms with Crippen LogP contribution in [0.5, 0.6) is 11.5 Å². The molecular weight excluding hydrogens is 362 g/mol. The highest BCUT2D eigenvalue weighted by molar-refractivity contribution is 7.21. The van der Waals surface area contributed by atoms with Crippen molar-refractivity contribution >= 4 is 44.1 Å². The summed E-state index contributed by atoms with van der Waals surface area (Å²) in [6, 6.07) is 5.83. The van der Waals surface area contributed by atoms with Crippen LogP contribution in [0.1, 0.15) is 35.4 Å². The molecule has 0 spiro atoms. The minimum absolute atomic E-state index is 0.0346. The molecule has 6 nitrogen and oxygen atoms in total. The van der Waals surface area contributed by atoms with E-state index in [0.717, 1.165) is 52.8 Å². The van der Waals surface area contributed by atoms with Gasteiger partial charge in [-0.05, 0) is 25.0 Å². The summed E-state index contributed by atoms with van der Waals surface area (Å²) in [6.07, 6.45) is 4.50. The van der Waals surface area contributed by atoms with Crippen LogP contribution < -0.4 is 15.2 Å². The van der Waals surface area contributed by atoms with Crippen molar-refractivity contribution in [2.24, 2.45) is 0 Å². The first kappa shape index (κ1) is 16.6. The number of nitrogen functional groups attached to an aromatic ring is 1. The molecule has 0 bridgehead atoms. The molecule has 0 radical (unpaired) electrons. The maximum Gasteiger partial charge on any atom is 0.266 e. The lowest BCUT2D eigenvalue weighted by atomic mass is 10.1. The van der Waals surface area contributed by atoms with Crippen molar-refractivity contribution < 1.29 is 14.3 Å². The van der Waals surface area contributed by atoms with Gasteiger partial charge in [-0.1, -0.05) is 12.8 Å². The average Bonchev–Trinajstić information content (AvgIpc) is 2.87. The number of nitrogens with two attached hydrogens (primary N) is 1. The Morgan fingerprint density at radius 1 is 1.04 bits per heavy atom. The number of pyridine rings is 1. The fourth-order valence-corrected chi connectivity index (χ4v) is 4.87. The molecule has 140 valence electrons. The van der Waals surface area contributed by atoms with Crippen LogP contribution in [0.4, 0.5) is 5.69 Å². The predicted molar refractivity (Wildman–Crippen MR) is 107 cm³/mol. The molecule has 7 heteroatoms. The number of carbonyl (C=O) groups is 1. The molecule has 0 saturated carbocycles. The number of amides is 1. The molecule has 4 heterocycles. The average molecular weight is 383 g/mol. The SMILES string of the molecule is Nc1c(C(=O)N2CCCCCC2)sc2nc3cc4c(cc3cc12)OCCO4. The Labute approximate surface area is 160 Å². The van der Waals surface area contributed by atoms with Crippen LogP contribution in [0.3, 0.4) is 0 Å². The molecule has 2 N–H and O–H groups in total. The lowest BCUT2D eigenvalue weighted by Gasteiger charge is -2.19. The largest absolute Gasteiger partial charge is 0.486 e. The van der Waals surface area contributed by atoms with E-state index in [4.69, 9.17) is 20.2 Å². The zero-order valence-electron chi connectivity index (χ0n) is 15.0. The maximum absolute atomic E-state index is 13.0. The quantitative estimate of drug-likeness (QED) is 0.691. The summed E-state index contributed by atoms with van der Waals surface area (Å²) in [6.45, 7) is 2.71. The van der Waals surface area contributed by atoms with Gasteiger partial charge in [-0.15, -0.1) is 11.3 Å². The fraction of sp³-hybridized carbons (Fsp3) is 0.400. The molecule has 1 fully saturated rings. The van der Waals surface area contributed by atoms with E-state index in [9.17, 15) is 4.79 Å². The second-order valence-electron chi connectivity index (χ2n) is 7.08. The summed E-state index contributed by atoms with van der Waals surface area (Å²) < 4.78 is 11.3. The van der Waals surface area contributed by atoms with Crippen LogP contribution in [0, 0.1) is 0 Å². The van der Waals surface area contributed by atoms with Crippen molar-refractivity contribution in [3.63, 3.8) is 0 Å². The number of aromatic nitrogens is 1. The Morgan fingerprint density at radius 2 is 1.74 bits per heavy atom. The number of anilines is 1. The summed E-state index contributed by atoms with van der Waals surface area (Å²) in [5, 5.41) is 1.77. The second-order valence-corrected chi connectivity index (χ2v) is 8.08. The standard InChI is InChI=1S/C20H21N3O3S/c21-17-13-9-12-10-15-16(26-8-7-25-15)11-14(12)22-19(13)27-18(17)20(24)23-5-3-1-2-4-6-23/h9-11H,1-8,21H2. The maximum atomic E-state index is 13.0. The summed E-state index contributed by atoms with van der Waals surface area (Å²) in [5.74, 6) is 1.47. The topological polar surface area (TPSA) is 77.7 Å². The summed E-state index contributed by atoms with van der Waals surface area (Å²) >= 11 is 1.39. The van der Waals surface area contributed by atoms with E-state index in [0.29, 0.717) is 29.5 Å². The van der Waals surface area contributed by atoms with Gasteiger partial charge in [0.1, 0.15) is 22.9 Å². The molecule has 2 aliphatic rings. The highest BCUT2D eigenvalue weighted by atomic mass is 32.1. The number of likely N-dealkylation sites (tertiary alicyclic amines) is 1. The number of thiophene rings is 1. The summed E-state index contributed by atoms with van der Waals surface area (Å²) in [4.78, 5) is 21.1. The van der Waals surface area contributed by atoms with E-state index in [-0.39, 0.29) is 5.91 Å². The number of carbonyl (C=O) groups excluding carboxylic acids is 1. The highest BCUT2D eigenvalue weighted by Crippen LogP contribution is 2.39. The van der Waals surface area contributed by atoms with Crippen LogP contribution >= 0.6 is 11.3 Å². The van der Waals surface area contributed by atoms with Crippen LogP contribution in [0.2, 0.25) is 0 Å². The van der Waals surface area contributed by atoms with Crippen molar-refractivity contribution in [3.8, 4) is 11.5 Å². The van der Waals surface area contributed by atoms with E-state index in [2.05, 4.69) is 0 Å². The van der Waals surface area contributed by atoms with E-state index < -0.39 is 0 Å². The van der Waals surface area contributed by atoms with Crippen LogP contribution in [0.25, 0.3) is 21.1 Å². The zero-order valence-corrected chi connectivity index (χ0v) is 15.8. The first-order valence-corrected chi connectivity index (χ1v) is 10.2. The van der Waals surface area contributed by atoms with E-state index >= 15 is 0 Å². The van der Waals surface area contributed by atoms with Crippen molar-refractivity contribution in [2.45, 2.75) is 25.7 Å². The van der Waals surface area contributed by atoms with Crippen molar-refractivity contribution in [1.29, 1.82) is 0 Å². The molecule has 0 unspecified atom stereocenters. The van der Waals surface area contributed by atoms with Gasteiger partial charge in [0.15, 0.2) is 11.5 Å². The van der Waals surface area contributed by atoms with Crippen molar-refractivity contribution in [1.82, 2.24) is 9.88 Å². The number of nitrogens with zero attached hydrogens (tertiary/aromatic N) is 2. The van der Waals surface area contributed by atoms with Gasteiger partial charge in [0.05, 0.1) is 11.2 Å². The normalized spacial score (nSPS) is 17.3. The Balaban J connectivity index is 1.59. The van der Waals surface area contributed by atoms with E-state index in [1.54, 1.807) is 0 Å². The van der Waals surface area contributed by atoms with Gasteiger partial charge >= 0.3 is 0 Å². The first-order chi connectivity index (χ1) is 13.2. The molecule has 0 aliphatic carbocycles. The number of hydrogen-bond acceptors (Lipinski definition) is 6. The van der Waals surface area contributed by atoms with E-state index in [1.807, 2.05) is 23.1 Å². The number of benzene rings is 1. The van der Waals surface area contributed by atoms with Crippen LogP contribution in [0.15, 0.2) is 18.2 Å². The van der Waals surface area contributed by atoms with Gasteiger partial charge in [0.2, 0.25) is 0 Å². The molecule has 2 aromatic heterocycles. The third-order valence-corrected chi connectivity index (χ3v) is 6.37. The highest BCUT2D eigenvalue weighted by Gasteiger charge is 2.24. The molecule has 3 aromatic rings. The molecule has 2 aliphatic heterocycles. The second kappa shape index (κ2) is 6.56. The summed E-state index contributed by atoms with van der Waals surface area (Å²) in [5.41, 5.74) is 7.74. The minimum Gasteiger partial charge on any atom is -0.486 e. The zero-order chi connectivity index (χ0) is 18.4. The molecular formula is C20H21N3O3S. The predicted octanol–water partition coefficient (Wildman–Crippen LogP) is 3.82. The molecule has 0 atom stereocenters. The van der Waals surface area contributed by atoms with Gasteiger partial charge in [-0.2, -0.15) is 0 Å². The van der Waals surface area contributed by atoms with Gasteiger partial charge in [-0.25, -0.2) is 4.98 Å². The number of hydrogen-bond donors (Lipinski definition) is 1. The van der Waals surface area contributed by atoms with Crippen LogP contribution in [-0.4, -0.2) is 42.1 Å². The number of ether oxygens (including phenoxy) is 2. The van der Waals surface area contributed by atoms with Crippen molar-refractivity contribution in [2.75, 3.05) is 32.0 Å². The van der Waals surface area contributed by atoms with Crippen LogP contribution in [-0.2, 0) is 0 Å². The minimum atomic E-state index is 0.0346. The van der Waals surface area contributed by atoms with Gasteiger partial charge in [-0.3, -0.25) is 4.79 Å². The van der Waals surface area contributed by atoms with Crippen molar-refractivity contribution in [3.05, 3.63) is 23.1 Å². The lowest BCUT2D eigenvalue weighted by molar-refractivity contribution is 0.0767. The number of fused-ring (bicyclic) bond motifs is 3.